The smallest absolute Gasteiger partial charge is 0.236 e. The van der Waals surface area contributed by atoms with Crippen LogP contribution in [0.4, 0.5) is 0 Å². The van der Waals surface area contributed by atoms with Crippen LogP contribution >= 0.6 is 11.8 Å². The van der Waals surface area contributed by atoms with Gasteiger partial charge in [-0.2, -0.15) is 0 Å². The summed E-state index contributed by atoms with van der Waals surface area (Å²) in [5.41, 5.74) is 0.730. The van der Waals surface area contributed by atoms with Crippen LogP contribution in [0.15, 0.2) is 29.6 Å². The molecular weight excluding hydrogens is 348 g/mol. The van der Waals surface area contributed by atoms with Crippen LogP contribution in [0.5, 0.6) is 0 Å². The lowest BCUT2D eigenvalue weighted by molar-refractivity contribution is -0.131. The van der Waals surface area contributed by atoms with Crippen molar-refractivity contribution in [3.8, 4) is 0 Å². The van der Waals surface area contributed by atoms with Crippen molar-refractivity contribution in [2.75, 3.05) is 18.1 Å². The second-order valence-electron chi connectivity index (χ2n) is 5.85. The Balaban J connectivity index is 1.73. The Hall–Kier alpha value is -1.61. The summed E-state index contributed by atoms with van der Waals surface area (Å²) in [6.07, 6.45) is 2.38. The molecule has 1 saturated heterocycles. The van der Waals surface area contributed by atoms with Crippen molar-refractivity contribution in [3.05, 3.63) is 24.4 Å². The van der Waals surface area contributed by atoms with Crippen molar-refractivity contribution in [1.82, 2.24) is 19.5 Å². The Morgan fingerprint density at radius 1 is 1.46 bits per heavy atom. The van der Waals surface area contributed by atoms with Crippen LogP contribution < -0.4 is 0 Å². The number of carbonyl (C=O) groups is 1. The summed E-state index contributed by atoms with van der Waals surface area (Å²) in [5, 5.41) is 8.51. The molecule has 0 unspecified atom stereocenters. The second-order valence-corrected chi connectivity index (χ2v) is 9.39. The lowest BCUT2D eigenvalue weighted by Crippen LogP contribution is -2.44. The first-order valence-corrected chi connectivity index (χ1v) is 10.6. The van der Waals surface area contributed by atoms with E-state index in [9.17, 15) is 13.2 Å². The molecule has 1 amide bonds. The fraction of sp³-hybridized carbons (Fsp3) is 0.533. The molecule has 0 aromatic carbocycles. The highest BCUT2D eigenvalue weighted by molar-refractivity contribution is 8.00. The van der Waals surface area contributed by atoms with Gasteiger partial charge in [0.2, 0.25) is 5.91 Å². The normalized spacial score (nSPS) is 21.0. The number of sulfone groups is 1. The van der Waals surface area contributed by atoms with Gasteiger partial charge in [-0.25, -0.2) is 8.42 Å². The fourth-order valence-corrected chi connectivity index (χ4v) is 5.60. The highest BCUT2D eigenvalue weighted by Crippen LogP contribution is 2.26. The van der Waals surface area contributed by atoms with E-state index < -0.39 is 9.84 Å². The molecule has 0 saturated carbocycles. The number of fused-ring (bicyclic) bond motifs is 1. The van der Waals surface area contributed by atoms with Gasteiger partial charge in [-0.15, -0.1) is 10.2 Å². The number of nitrogens with zero attached hydrogens (tertiary/aromatic N) is 4. The first kappa shape index (κ1) is 17.2. The zero-order valence-electron chi connectivity index (χ0n) is 13.6. The summed E-state index contributed by atoms with van der Waals surface area (Å²) in [6.45, 7) is 4.21. The quantitative estimate of drug-likeness (QED) is 0.739. The average molecular weight is 368 g/mol. The Bertz CT molecular complexity index is 849. The molecule has 2 aromatic heterocycles. The number of carbonyl (C=O) groups excluding carboxylic acids is 1. The first-order chi connectivity index (χ1) is 11.4. The Morgan fingerprint density at radius 3 is 2.92 bits per heavy atom. The Morgan fingerprint density at radius 2 is 2.25 bits per heavy atom. The first-order valence-electron chi connectivity index (χ1n) is 7.88. The predicted molar refractivity (Wildman–Crippen MR) is 92.8 cm³/mol. The molecule has 0 N–H and O–H groups in total. The maximum absolute atomic E-state index is 12.8. The maximum atomic E-state index is 12.8. The molecule has 24 heavy (non-hydrogen) atoms. The van der Waals surface area contributed by atoms with Crippen molar-refractivity contribution in [2.45, 2.75) is 36.7 Å². The van der Waals surface area contributed by atoms with Crippen molar-refractivity contribution in [1.29, 1.82) is 0 Å². The van der Waals surface area contributed by atoms with E-state index in [1.807, 2.05) is 42.6 Å². The van der Waals surface area contributed by atoms with Gasteiger partial charge in [-0.05, 0) is 32.4 Å². The number of amides is 1. The van der Waals surface area contributed by atoms with Crippen LogP contribution in [-0.2, 0) is 14.6 Å². The van der Waals surface area contributed by atoms with Gasteiger partial charge in [0, 0.05) is 18.8 Å². The molecule has 0 aliphatic carbocycles. The molecule has 0 spiro atoms. The van der Waals surface area contributed by atoms with Crippen LogP contribution in [0.2, 0.25) is 0 Å². The SMILES string of the molecule is CCN(C(=O)[C@@H](C)Sc1nnc2ccccn12)[C@@H]1CCS(=O)(=O)C1. The standard InChI is InChI=1S/C15H20N4O3S2/c1-3-18(12-7-9-24(21,22)10-12)14(20)11(2)23-15-17-16-13-6-4-5-8-19(13)15/h4-6,8,11-12H,3,7,9-10H2,1-2H3/t11-,12-/m1/s1. The second kappa shape index (κ2) is 6.72. The number of aromatic nitrogens is 3. The van der Waals surface area contributed by atoms with Gasteiger partial charge in [0.25, 0.3) is 0 Å². The molecule has 0 radical (unpaired) electrons. The third-order valence-corrected chi connectivity index (χ3v) is 6.98. The van der Waals surface area contributed by atoms with Gasteiger partial charge in [0.05, 0.1) is 16.8 Å². The molecule has 9 heteroatoms. The van der Waals surface area contributed by atoms with Gasteiger partial charge in [-0.1, -0.05) is 17.8 Å². The van der Waals surface area contributed by atoms with Crippen molar-refractivity contribution in [2.24, 2.45) is 0 Å². The molecule has 2 atom stereocenters. The van der Waals surface area contributed by atoms with E-state index in [2.05, 4.69) is 10.2 Å². The lowest BCUT2D eigenvalue weighted by Gasteiger charge is -2.29. The van der Waals surface area contributed by atoms with Gasteiger partial charge in [-0.3, -0.25) is 9.20 Å². The zero-order valence-corrected chi connectivity index (χ0v) is 15.3. The summed E-state index contributed by atoms with van der Waals surface area (Å²) >= 11 is 1.34. The number of hydrogen-bond acceptors (Lipinski definition) is 6. The number of rotatable bonds is 5. The molecule has 1 aliphatic rings. The summed E-state index contributed by atoms with van der Waals surface area (Å²) in [4.78, 5) is 14.5. The molecule has 1 fully saturated rings. The van der Waals surface area contributed by atoms with E-state index in [1.165, 1.54) is 11.8 Å². The summed E-state index contributed by atoms with van der Waals surface area (Å²) in [5.74, 6) is 0.174. The van der Waals surface area contributed by atoms with Crippen molar-refractivity contribution >= 4 is 33.2 Å². The minimum atomic E-state index is -3.02. The molecule has 0 bridgehead atoms. The molecule has 3 rings (SSSR count). The van der Waals surface area contributed by atoms with Crippen LogP contribution in [-0.4, -0.2) is 63.2 Å². The number of thioether (sulfide) groups is 1. The predicted octanol–water partition coefficient (Wildman–Crippen LogP) is 1.25. The lowest BCUT2D eigenvalue weighted by atomic mass is 10.2. The van der Waals surface area contributed by atoms with Crippen LogP contribution in [0.1, 0.15) is 20.3 Å². The highest BCUT2D eigenvalue weighted by atomic mass is 32.2. The summed E-state index contributed by atoms with van der Waals surface area (Å²) in [7, 11) is -3.02. The average Bonchev–Trinajstić information content (AvgIpc) is 3.12. The third-order valence-electron chi connectivity index (χ3n) is 4.19. The van der Waals surface area contributed by atoms with E-state index in [1.54, 1.807) is 4.90 Å². The minimum Gasteiger partial charge on any atom is -0.338 e. The topological polar surface area (TPSA) is 84.6 Å². The van der Waals surface area contributed by atoms with E-state index in [0.717, 1.165) is 5.65 Å². The molecular formula is C15H20N4O3S2. The van der Waals surface area contributed by atoms with Crippen LogP contribution in [0.25, 0.3) is 5.65 Å². The molecule has 130 valence electrons. The monoisotopic (exact) mass is 368 g/mol. The van der Waals surface area contributed by atoms with Crippen molar-refractivity contribution < 1.29 is 13.2 Å². The Kier molecular flexibility index (Phi) is 4.82. The number of hydrogen-bond donors (Lipinski definition) is 0. The zero-order chi connectivity index (χ0) is 17.3. The van der Waals surface area contributed by atoms with Gasteiger partial charge < -0.3 is 4.90 Å². The third kappa shape index (κ3) is 3.41. The van der Waals surface area contributed by atoms with Crippen LogP contribution in [0.3, 0.4) is 0 Å². The van der Waals surface area contributed by atoms with Crippen molar-refractivity contribution in [3.63, 3.8) is 0 Å². The van der Waals surface area contributed by atoms with E-state index >= 15 is 0 Å². The van der Waals surface area contributed by atoms with Gasteiger partial charge in [0.15, 0.2) is 20.6 Å². The summed E-state index contributed by atoms with van der Waals surface area (Å²) in [6, 6.07) is 5.40. The van der Waals surface area contributed by atoms with E-state index in [-0.39, 0.29) is 28.7 Å². The molecule has 1 aliphatic heterocycles. The van der Waals surface area contributed by atoms with Gasteiger partial charge in [0.1, 0.15) is 0 Å². The largest absolute Gasteiger partial charge is 0.338 e. The maximum Gasteiger partial charge on any atom is 0.236 e. The van der Waals surface area contributed by atoms with Gasteiger partial charge >= 0.3 is 0 Å². The molecule has 2 aromatic rings. The highest BCUT2D eigenvalue weighted by Gasteiger charge is 2.35. The molecule has 3 heterocycles. The van der Waals surface area contributed by atoms with Crippen LogP contribution in [0, 0.1) is 0 Å². The number of pyridine rings is 1. The van der Waals surface area contributed by atoms with E-state index in [0.29, 0.717) is 18.1 Å². The minimum absolute atomic E-state index is 0.0581. The van der Waals surface area contributed by atoms with E-state index in [4.69, 9.17) is 0 Å². The fourth-order valence-electron chi connectivity index (χ4n) is 2.96. The Labute approximate surface area is 145 Å². The summed E-state index contributed by atoms with van der Waals surface area (Å²) < 4.78 is 25.2. The molecule has 7 nitrogen and oxygen atoms in total.